The summed E-state index contributed by atoms with van der Waals surface area (Å²) in [5.74, 6) is 6.60. The summed E-state index contributed by atoms with van der Waals surface area (Å²) in [6, 6.07) is 6.04. The van der Waals surface area contributed by atoms with E-state index in [9.17, 15) is 4.79 Å². The van der Waals surface area contributed by atoms with Crippen molar-refractivity contribution in [2.24, 2.45) is 5.84 Å². The van der Waals surface area contributed by atoms with Crippen molar-refractivity contribution >= 4 is 5.91 Å². The van der Waals surface area contributed by atoms with Crippen LogP contribution in [0, 0.1) is 0 Å². The van der Waals surface area contributed by atoms with Gasteiger partial charge in [-0.3, -0.25) is 10.2 Å². The van der Waals surface area contributed by atoms with E-state index in [1.54, 1.807) is 0 Å². The second kappa shape index (κ2) is 6.80. The summed E-state index contributed by atoms with van der Waals surface area (Å²) >= 11 is 0. The lowest BCUT2D eigenvalue weighted by Crippen LogP contribution is -2.29. The number of para-hydroxylation sites is 1. The maximum absolute atomic E-state index is 11.0. The van der Waals surface area contributed by atoms with Crippen molar-refractivity contribution in [2.75, 3.05) is 6.61 Å². The molecule has 0 aliphatic carbocycles. The van der Waals surface area contributed by atoms with Crippen LogP contribution in [0.15, 0.2) is 18.2 Å². The molecule has 0 bridgehead atoms. The summed E-state index contributed by atoms with van der Waals surface area (Å²) in [7, 11) is 0. The molecule has 1 amide bonds. The Kier molecular flexibility index (Phi) is 5.07. The van der Waals surface area contributed by atoms with Crippen LogP contribution in [0.1, 0.15) is 45.1 Å². The fourth-order valence-corrected chi connectivity index (χ4v) is 2.52. The lowest BCUT2D eigenvalue weighted by atomic mass is 10.0. The van der Waals surface area contributed by atoms with Gasteiger partial charge in [0.25, 0.3) is 0 Å². The third-order valence-corrected chi connectivity index (χ3v) is 3.52. The second-order valence-electron chi connectivity index (χ2n) is 6.01. The summed E-state index contributed by atoms with van der Waals surface area (Å²) in [6.07, 6.45) is 4.05. The zero-order valence-corrected chi connectivity index (χ0v) is 12.8. The summed E-state index contributed by atoms with van der Waals surface area (Å²) < 4.78 is 11.8. The van der Waals surface area contributed by atoms with Crippen molar-refractivity contribution in [3.05, 3.63) is 23.8 Å². The maximum Gasteiger partial charge on any atom is 0.233 e. The number of carbonyl (C=O) groups is 1. The first-order chi connectivity index (χ1) is 10.0. The average molecular weight is 292 g/mol. The van der Waals surface area contributed by atoms with Crippen LogP contribution in [0.25, 0.3) is 0 Å². The number of fused-ring (bicyclic) bond motifs is 1. The molecule has 3 N–H and O–H groups in total. The molecular formula is C16H24N2O3. The van der Waals surface area contributed by atoms with Gasteiger partial charge >= 0.3 is 0 Å². The molecular weight excluding hydrogens is 268 g/mol. The van der Waals surface area contributed by atoms with Crippen LogP contribution in [0.3, 0.4) is 0 Å². The summed E-state index contributed by atoms with van der Waals surface area (Å²) in [4.78, 5) is 11.0. The Morgan fingerprint density at radius 2 is 2.19 bits per heavy atom. The van der Waals surface area contributed by atoms with Gasteiger partial charge in [0.05, 0.1) is 6.61 Å². The van der Waals surface area contributed by atoms with E-state index in [0.717, 1.165) is 37.2 Å². The van der Waals surface area contributed by atoms with Crippen molar-refractivity contribution in [3.8, 4) is 11.5 Å². The van der Waals surface area contributed by atoms with Gasteiger partial charge in [0.2, 0.25) is 5.91 Å². The highest BCUT2D eigenvalue weighted by molar-refractivity contribution is 5.75. The molecule has 0 atom stereocenters. The van der Waals surface area contributed by atoms with E-state index in [1.807, 2.05) is 12.1 Å². The standard InChI is InChI=1S/C16H24N2O3/c1-16(2)11-12-7-6-8-13(15(12)21-16)20-10-5-3-4-9-14(19)18-17/h6-8H,3-5,9-11,17H2,1-2H3,(H,18,19). The first-order valence-electron chi connectivity index (χ1n) is 7.45. The Labute approximate surface area is 125 Å². The highest BCUT2D eigenvalue weighted by Gasteiger charge is 2.32. The molecule has 0 saturated heterocycles. The molecule has 0 fully saturated rings. The molecule has 5 heteroatoms. The number of benzene rings is 1. The van der Waals surface area contributed by atoms with Gasteiger partial charge in [0, 0.05) is 18.4 Å². The van der Waals surface area contributed by atoms with E-state index < -0.39 is 0 Å². The van der Waals surface area contributed by atoms with E-state index in [-0.39, 0.29) is 11.5 Å². The smallest absolute Gasteiger partial charge is 0.233 e. The van der Waals surface area contributed by atoms with Crippen LogP contribution in [0.5, 0.6) is 11.5 Å². The molecule has 2 rings (SSSR count). The molecule has 5 nitrogen and oxygen atoms in total. The minimum Gasteiger partial charge on any atom is -0.490 e. The Balaban J connectivity index is 1.75. The minimum atomic E-state index is -0.155. The van der Waals surface area contributed by atoms with Crippen molar-refractivity contribution in [2.45, 2.75) is 51.6 Å². The normalized spacial score (nSPS) is 15.2. The fraction of sp³-hybridized carbons (Fsp3) is 0.562. The second-order valence-corrected chi connectivity index (χ2v) is 6.01. The van der Waals surface area contributed by atoms with Crippen LogP contribution in [0.4, 0.5) is 0 Å². The first kappa shape index (κ1) is 15.6. The summed E-state index contributed by atoms with van der Waals surface area (Å²) in [6.45, 7) is 4.79. The topological polar surface area (TPSA) is 73.6 Å². The van der Waals surface area contributed by atoms with Crippen LogP contribution in [0.2, 0.25) is 0 Å². The molecule has 1 aliphatic rings. The number of ether oxygens (including phenoxy) is 2. The van der Waals surface area contributed by atoms with Crippen molar-refractivity contribution in [3.63, 3.8) is 0 Å². The lowest BCUT2D eigenvalue weighted by molar-refractivity contribution is -0.121. The Bertz CT molecular complexity index is 500. The molecule has 116 valence electrons. The SMILES string of the molecule is CC1(C)Cc2cccc(OCCCCCC(=O)NN)c2O1. The van der Waals surface area contributed by atoms with E-state index in [1.165, 1.54) is 5.56 Å². The van der Waals surface area contributed by atoms with Gasteiger partial charge in [0.1, 0.15) is 5.60 Å². The monoisotopic (exact) mass is 292 g/mol. The minimum absolute atomic E-state index is 0.118. The van der Waals surface area contributed by atoms with Crippen molar-refractivity contribution < 1.29 is 14.3 Å². The number of hydrogen-bond acceptors (Lipinski definition) is 4. The molecule has 21 heavy (non-hydrogen) atoms. The molecule has 1 aromatic carbocycles. The molecule has 1 heterocycles. The van der Waals surface area contributed by atoms with Crippen LogP contribution >= 0.6 is 0 Å². The van der Waals surface area contributed by atoms with Crippen molar-refractivity contribution in [1.82, 2.24) is 5.43 Å². The van der Waals surface area contributed by atoms with E-state index in [0.29, 0.717) is 13.0 Å². The molecule has 1 aliphatic heterocycles. The van der Waals surface area contributed by atoms with Gasteiger partial charge in [-0.15, -0.1) is 0 Å². The highest BCUT2D eigenvalue weighted by atomic mass is 16.5. The van der Waals surface area contributed by atoms with Crippen LogP contribution < -0.4 is 20.7 Å². The number of hydrazine groups is 1. The molecule has 0 saturated carbocycles. The first-order valence-corrected chi connectivity index (χ1v) is 7.45. The van der Waals surface area contributed by atoms with Crippen LogP contribution in [-0.4, -0.2) is 18.1 Å². The zero-order valence-electron chi connectivity index (χ0n) is 12.8. The third-order valence-electron chi connectivity index (χ3n) is 3.52. The number of unbranched alkanes of at least 4 members (excludes halogenated alkanes) is 2. The van der Waals surface area contributed by atoms with Gasteiger partial charge in [-0.1, -0.05) is 12.1 Å². The average Bonchev–Trinajstić information content (AvgIpc) is 2.76. The van der Waals surface area contributed by atoms with Gasteiger partial charge in [-0.2, -0.15) is 0 Å². The highest BCUT2D eigenvalue weighted by Crippen LogP contribution is 2.41. The number of nitrogens with two attached hydrogens (primary N) is 1. The van der Waals surface area contributed by atoms with E-state index >= 15 is 0 Å². The van der Waals surface area contributed by atoms with E-state index in [4.69, 9.17) is 15.3 Å². The quantitative estimate of drug-likeness (QED) is 0.350. The largest absolute Gasteiger partial charge is 0.490 e. The zero-order chi connectivity index (χ0) is 15.3. The van der Waals surface area contributed by atoms with Gasteiger partial charge in [-0.25, -0.2) is 5.84 Å². The number of hydrogen-bond donors (Lipinski definition) is 2. The Hall–Kier alpha value is -1.75. The third kappa shape index (κ3) is 4.36. The molecule has 0 unspecified atom stereocenters. The van der Waals surface area contributed by atoms with Crippen LogP contribution in [-0.2, 0) is 11.2 Å². The fourth-order valence-electron chi connectivity index (χ4n) is 2.52. The number of rotatable bonds is 7. The number of amides is 1. The number of carbonyl (C=O) groups excluding carboxylic acids is 1. The molecule has 1 aromatic rings. The predicted molar refractivity (Wildman–Crippen MR) is 81.1 cm³/mol. The Morgan fingerprint density at radius 1 is 1.38 bits per heavy atom. The number of nitrogens with one attached hydrogen (secondary N) is 1. The molecule has 0 spiro atoms. The summed E-state index contributed by atoms with van der Waals surface area (Å²) in [5, 5.41) is 0. The predicted octanol–water partition coefficient (Wildman–Crippen LogP) is 2.33. The molecule has 0 radical (unpaired) electrons. The van der Waals surface area contributed by atoms with Crippen molar-refractivity contribution in [1.29, 1.82) is 0 Å². The van der Waals surface area contributed by atoms with Gasteiger partial charge < -0.3 is 9.47 Å². The lowest BCUT2D eigenvalue weighted by Gasteiger charge is -2.18. The maximum atomic E-state index is 11.0. The van der Waals surface area contributed by atoms with Gasteiger partial charge in [-0.05, 0) is 39.2 Å². The van der Waals surface area contributed by atoms with Gasteiger partial charge in [0.15, 0.2) is 11.5 Å². The summed E-state index contributed by atoms with van der Waals surface area (Å²) in [5.41, 5.74) is 3.18. The van der Waals surface area contributed by atoms with E-state index in [2.05, 4.69) is 25.3 Å². The Morgan fingerprint density at radius 3 is 2.95 bits per heavy atom. The molecule has 0 aromatic heterocycles.